The van der Waals surface area contributed by atoms with Gasteiger partial charge in [0.2, 0.25) is 0 Å². The third-order valence-corrected chi connectivity index (χ3v) is 2.44. The molecule has 3 N–H and O–H groups in total. The van der Waals surface area contributed by atoms with E-state index in [2.05, 4.69) is 16.0 Å². The number of nitrogens with zero attached hydrogens (tertiary/aromatic N) is 3. The van der Waals surface area contributed by atoms with Gasteiger partial charge in [0.25, 0.3) is 0 Å². The summed E-state index contributed by atoms with van der Waals surface area (Å²) in [5.74, 6) is 0. The Kier molecular flexibility index (Phi) is 24.5. The number of nitrogens with one attached hydrogen (secondary N) is 3. The van der Waals surface area contributed by atoms with Crippen molar-refractivity contribution in [2.45, 2.75) is 0 Å². The number of phosphoric acid groups is 1. The average Bonchev–Trinajstić information content (AvgIpc) is 2.57. The van der Waals surface area contributed by atoms with Crippen LogP contribution in [0.1, 0.15) is 0 Å². The molecule has 0 aliphatic rings. The normalized spacial score (nSPS) is 8.66. The molecule has 0 unspecified atom stereocenters. The zero-order chi connectivity index (χ0) is 24.2. The Morgan fingerprint density at radius 3 is 0.759 bits per heavy atom. The molecule has 0 bridgehead atoms. The lowest BCUT2D eigenvalue weighted by atomic mass is 10.9. The Hall–Kier alpha value is -2.08. The lowest BCUT2D eigenvalue weighted by Crippen LogP contribution is -2.28. The van der Waals surface area contributed by atoms with E-state index in [0.717, 1.165) is 18.1 Å². The predicted octanol–water partition coefficient (Wildman–Crippen LogP) is -4.38. The minimum Gasteiger partial charge on any atom is -0.822 e. The first kappa shape index (κ1) is 34.4. The maximum Gasteiger partial charge on any atom is 0.443 e. The van der Waals surface area contributed by atoms with Crippen LogP contribution < -0.4 is 30.6 Å². The fourth-order valence-corrected chi connectivity index (χ4v) is 1.52. The molecule has 0 heterocycles. The maximum absolute atomic E-state index is 8.55. The van der Waals surface area contributed by atoms with E-state index in [1.807, 2.05) is 77.2 Å². The smallest absolute Gasteiger partial charge is 0.443 e. The van der Waals surface area contributed by atoms with Crippen LogP contribution in [-0.4, -0.2) is 117 Å². The first-order valence-electron chi connectivity index (χ1n) is 8.17. The molecule has 0 fully saturated rings. The van der Waals surface area contributed by atoms with Crippen LogP contribution in [0.15, 0.2) is 0 Å². The van der Waals surface area contributed by atoms with Gasteiger partial charge in [-0.3, -0.25) is 0 Å². The highest BCUT2D eigenvalue weighted by Gasteiger charge is 2.00. The van der Waals surface area contributed by atoms with Crippen LogP contribution in [-0.2, 0) is 18.8 Å². The molecule has 0 amide bonds. The standard InChI is InChI=1S/3C5H12N2O.H3O4P/c3*1-6-5(8-4)7(2)3;1-5(2,3)4/h3*1-4H3;(H3,1,2,3,4). The molecular formula is C15H39N6O7P. The van der Waals surface area contributed by atoms with Crippen LogP contribution >= 0.6 is 7.82 Å². The molecule has 29 heavy (non-hydrogen) atoms. The van der Waals surface area contributed by atoms with Crippen molar-refractivity contribution in [3.05, 3.63) is 0 Å². The van der Waals surface area contributed by atoms with Crippen molar-refractivity contribution in [1.82, 2.24) is 16.0 Å². The Balaban J connectivity index is -0.000000146. The second-order valence-corrected chi connectivity index (χ2v) is 6.30. The van der Waals surface area contributed by atoms with E-state index in [1.54, 1.807) is 21.3 Å². The minimum absolute atomic E-state index is 0.769. The van der Waals surface area contributed by atoms with E-state index in [1.165, 1.54) is 0 Å². The quantitative estimate of drug-likeness (QED) is 0.144. The topological polar surface area (TPSA) is 159 Å². The van der Waals surface area contributed by atoms with Gasteiger partial charge in [-0.1, -0.05) is 0 Å². The maximum atomic E-state index is 8.55. The zero-order valence-corrected chi connectivity index (χ0v) is 20.5. The zero-order valence-electron chi connectivity index (χ0n) is 19.6. The van der Waals surface area contributed by atoms with Crippen molar-refractivity contribution in [2.75, 3.05) is 84.8 Å². The highest BCUT2D eigenvalue weighted by Crippen LogP contribution is 2.03. The molecule has 0 aromatic carbocycles. The third-order valence-electron chi connectivity index (χ3n) is 2.44. The van der Waals surface area contributed by atoms with Crippen molar-refractivity contribution < 1.29 is 47.2 Å². The Bertz CT molecular complexity index is 461. The molecule has 0 atom stereocenters. The molecular weight excluding hydrogens is 407 g/mol. The van der Waals surface area contributed by atoms with Gasteiger partial charge in [0, 0.05) is 0 Å². The van der Waals surface area contributed by atoms with Crippen molar-refractivity contribution >= 4 is 25.9 Å². The molecule has 0 aliphatic heterocycles. The number of hydrogen-bond donors (Lipinski definition) is 3. The molecule has 0 spiro atoms. The first-order valence-corrected chi connectivity index (χ1v) is 9.63. The monoisotopic (exact) mass is 446 g/mol. The highest BCUT2D eigenvalue weighted by molar-refractivity contribution is 7.40. The molecule has 0 saturated carbocycles. The minimum atomic E-state index is -5.39. The second-order valence-electron chi connectivity index (χ2n) is 5.41. The number of methoxy groups -OCH3 is 3. The Morgan fingerprint density at radius 1 is 0.621 bits per heavy atom. The lowest BCUT2D eigenvalue weighted by molar-refractivity contribution is -0.476. The first-order chi connectivity index (χ1) is 13.2. The Morgan fingerprint density at radius 2 is 0.759 bits per heavy atom. The van der Waals surface area contributed by atoms with Crippen molar-refractivity contribution in [3.8, 4) is 0 Å². The van der Waals surface area contributed by atoms with Gasteiger partial charge < -0.3 is 33.5 Å². The summed E-state index contributed by atoms with van der Waals surface area (Å²) >= 11 is 0. The van der Waals surface area contributed by atoms with Crippen molar-refractivity contribution in [3.63, 3.8) is 0 Å². The van der Waals surface area contributed by atoms with Gasteiger partial charge in [0.05, 0.1) is 84.8 Å². The van der Waals surface area contributed by atoms with Crippen LogP contribution in [0.5, 0.6) is 0 Å². The predicted molar refractivity (Wildman–Crippen MR) is 107 cm³/mol. The van der Waals surface area contributed by atoms with Gasteiger partial charge in [-0.25, -0.2) is 29.7 Å². The van der Waals surface area contributed by atoms with Gasteiger partial charge in [0.1, 0.15) is 0 Å². The molecule has 0 saturated heterocycles. The molecule has 13 nitrogen and oxygen atoms in total. The van der Waals surface area contributed by atoms with E-state index in [4.69, 9.17) is 33.5 Å². The van der Waals surface area contributed by atoms with Gasteiger partial charge in [-0.2, -0.15) is 7.82 Å². The van der Waals surface area contributed by atoms with E-state index in [-0.39, 0.29) is 0 Å². The molecule has 0 aliphatic carbocycles. The summed E-state index contributed by atoms with van der Waals surface area (Å²) in [7, 11) is 16.4. The second kappa shape index (κ2) is 20.6. The molecule has 14 heteroatoms. The molecule has 0 rings (SSSR count). The van der Waals surface area contributed by atoms with Crippen LogP contribution in [0.25, 0.3) is 0 Å². The van der Waals surface area contributed by atoms with Crippen LogP contribution in [0, 0.1) is 0 Å². The van der Waals surface area contributed by atoms with E-state index >= 15 is 0 Å². The summed E-state index contributed by atoms with van der Waals surface area (Å²) in [5, 5.41) is 8.61. The highest BCUT2D eigenvalue weighted by atomic mass is 31.2. The SMILES string of the molecule is CNC(OC)=[N+](C)C.CNC(OC)=[N+](C)C.CNC(OC)=[N+](C)C.O=P([O-])([O-])[O-]. The lowest BCUT2D eigenvalue weighted by Gasteiger charge is -2.36. The summed E-state index contributed by atoms with van der Waals surface area (Å²) in [5.41, 5.74) is 0. The van der Waals surface area contributed by atoms with Gasteiger partial charge in [-0.05, 0) is 0 Å². The fourth-order valence-electron chi connectivity index (χ4n) is 1.52. The summed E-state index contributed by atoms with van der Waals surface area (Å²) in [4.78, 5) is 25.6. The van der Waals surface area contributed by atoms with E-state index in [0.29, 0.717) is 0 Å². The fraction of sp³-hybridized carbons (Fsp3) is 0.800. The third kappa shape index (κ3) is 30.9. The van der Waals surface area contributed by atoms with Crippen molar-refractivity contribution in [2.24, 2.45) is 0 Å². The summed E-state index contributed by atoms with van der Waals surface area (Å²) in [6, 6.07) is 2.31. The van der Waals surface area contributed by atoms with Crippen LogP contribution in [0.2, 0.25) is 0 Å². The summed E-state index contributed by atoms with van der Waals surface area (Å²) in [6.07, 6.45) is 0. The number of ether oxygens (including phenoxy) is 3. The molecule has 176 valence electrons. The molecule has 0 aromatic heterocycles. The van der Waals surface area contributed by atoms with Crippen LogP contribution in [0.3, 0.4) is 0 Å². The Labute approximate surface area is 174 Å². The number of amidine groups is 3. The van der Waals surface area contributed by atoms with Gasteiger partial charge in [0.15, 0.2) is 0 Å². The molecule has 0 radical (unpaired) electrons. The largest absolute Gasteiger partial charge is 0.822 e. The average molecular weight is 446 g/mol. The summed E-state index contributed by atoms with van der Waals surface area (Å²) < 4.78 is 28.8. The summed E-state index contributed by atoms with van der Waals surface area (Å²) in [6.45, 7) is 0. The van der Waals surface area contributed by atoms with E-state index < -0.39 is 7.82 Å². The van der Waals surface area contributed by atoms with Crippen LogP contribution in [0.4, 0.5) is 0 Å². The van der Waals surface area contributed by atoms with E-state index in [9.17, 15) is 0 Å². The van der Waals surface area contributed by atoms with Gasteiger partial charge >= 0.3 is 18.1 Å². The van der Waals surface area contributed by atoms with Crippen molar-refractivity contribution in [1.29, 1.82) is 0 Å². The number of hydrogen-bond acceptors (Lipinski definition) is 7. The molecule has 0 aromatic rings. The van der Waals surface area contributed by atoms with Gasteiger partial charge in [-0.15, -0.1) is 0 Å². The number of rotatable bonds is 0.